The fraction of sp³-hybridized carbons (Fsp3) is 0.467. The van der Waals surface area contributed by atoms with E-state index < -0.39 is 18.1 Å². The molecule has 1 aromatic rings. The third kappa shape index (κ3) is 2.66. The number of piperidine rings is 1. The molecule has 21 heavy (non-hydrogen) atoms. The van der Waals surface area contributed by atoms with Crippen LogP contribution in [0.4, 0.5) is 0 Å². The fourth-order valence-electron chi connectivity index (χ4n) is 2.78. The lowest BCUT2D eigenvalue weighted by molar-refractivity contribution is -0.156. The van der Waals surface area contributed by atoms with Crippen LogP contribution in [0, 0.1) is 0 Å². The number of rotatable bonds is 2. The minimum atomic E-state index is -0.958. The smallest absolute Gasteiger partial charge is 0.326 e. The lowest BCUT2D eigenvalue weighted by atomic mass is 10.0. The zero-order valence-corrected chi connectivity index (χ0v) is 11.5. The first-order valence-electron chi connectivity index (χ1n) is 7.08. The number of fused-ring (bicyclic) bond motifs is 1. The molecule has 2 aliphatic heterocycles. The molecule has 112 valence electrons. The number of hydrogen-bond acceptors (Lipinski definition) is 4. The quantitative estimate of drug-likeness (QED) is 0.888. The lowest BCUT2D eigenvalue weighted by Gasteiger charge is -2.36. The topological polar surface area (TPSA) is 76.1 Å². The summed E-state index contributed by atoms with van der Waals surface area (Å²) in [7, 11) is 0. The molecule has 0 saturated carbocycles. The van der Waals surface area contributed by atoms with E-state index in [0.29, 0.717) is 24.5 Å². The van der Waals surface area contributed by atoms with Crippen LogP contribution in [0.2, 0.25) is 0 Å². The van der Waals surface area contributed by atoms with Crippen LogP contribution in [-0.4, -0.2) is 47.2 Å². The van der Waals surface area contributed by atoms with Crippen molar-refractivity contribution in [3.63, 3.8) is 0 Å². The van der Waals surface area contributed by atoms with E-state index in [1.807, 2.05) is 6.07 Å². The van der Waals surface area contributed by atoms with E-state index >= 15 is 0 Å². The van der Waals surface area contributed by atoms with Gasteiger partial charge in [0.2, 0.25) is 6.10 Å². The van der Waals surface area contributed by atoms with Gasteiger partial charge in [-0.25, -0.2) is 4.79 Å². The van der Waals surface area contributed by atoms with Gasteiger partial charge in [0, 0.05) is 6.54 Å². The van der Waals surface area contributed by atoms with Gasteiger partial charge >= 0.3 is 5.97 Å². The average Bonchev–Trinajstić information content (AvgIpc) is 2.53. The normalized spacial score (nSPS) is 24.5. The number of benzene rings is 1. The largest absolute Gasteiger partial charge is 0.485 e. The molecule has 0 spiro atoms. The Morgan fingerprint density at radius 3 is 2.71 bits per heavy atom. The summed E-state index contributed by atoms with van der Waals surface area (Å²) in [5, 5.41) is 9.25. The van der Waals surface area contributed by atoms with E-state index in [1.165, 1.54) is 4.90 Å². The summed E-state index contributed by atoms with van der Waals surface area (Å²) < 4.78 is 11.2. The molecule has 1 N–H and O–H groups in total. The summed E-state index contributed by atoms with van der Waals surface area (Å²) in [6, 6.07) is 6.38. The maximum Gasteiger partial charge on any atom is 0.326 e. The van der Waals surface area contributed by atoms with Gasteiger partial charge in [-0.1, -0.05) is 12.1 Å². The number of nitrogens with zero attached hydrogens (tertiary/aromatic N) is 1. The molecule has 6 nitrogen and oxygen atoms in total. The van der Waals surface area contributed by atoms with Crippen LogP contribution >= 0.6 is 0 Å². The molecule has 0 aliphatic carbocycles. The number of aliphatic carboxylic acids is 1. The van der Waals surface area contributed by atoms with Gasteiger partial charge < -0.3 is 19.5 Å². The van der Waals surface area contributed by atoms with Gasteiger partial charge in [-0.15, -0.1) is 0 Å². The predicted molar refractivity (Wildman–Crippen MR) is 73.3 cm³/mol. The third-order valence-corrected chi connectivity index (χ3v) is 3.85. The maximum atomic E-state index is 12.5. The number of carboxylic acids is 1. The Balaban J connectivity index is 1.75. The van der Waals surface area contributed by atoms with E-state index in [2.05, 4.69) is 0 Å². The zero-order valence-electron chi connectivity index (χ0n) is 11.5. The minimum Gasteiger partial charge on any atom is -0.485 e. The number of carboxylic acid groups (broad SMARTS) is 1. The average molecular weight is 291 g/mol. The molecule has 6 heteroatoms. The van der Waals surface area contributed by atoms with Crippen LogP contribution in [0.15, 0.2) is 24.3 Å². The number of likely N-dealkylation sites (tertiary alicyclic amines) is 1. The highest BCUT2D eigenvalue weighted by Gasteiger charge is 2.38. The first kappa shape index (κ1) is 13.7. The maximum absolute atomic E-state index is 12.5. The molecule has 0 aromatic heterocycles. The summed E-state index contributed by atoms with van der Waals surface area (Å²) in [5.74, 6) is -0.141. The minimum absolute atomic E-state index is 0.110. The number of carbonyl (C=O) groups excluding carboxylic acids is 1. The second kappa shape index (κ2) is 5.63. The standard InChI is InChI=1S/C15H17NO5/c17-14(16-8-4-3-5-10(16)15(18)19)13-9-20-11-6-1-2-7-12(11)21-13/h1-2,6-7,10,13H,3-5,8-9H2,(H,18,19)/t10-,13+/m1/s1. The van der Waals surface area contributed by atoms with Crippen molar-refractivity contribution in [1.29, 1.82) is 0 Å². The molecule has 1 saturated heterocycles. The van der Waals surface area contributed by atoms with E-state index in [-0.39, 0.29) is 12.5 Å². The number of amides is 1. The highest BCUT2D eigenvalue weighted by atomic mass is 16.6. The summed E-state index contributed by atoms with van der Waals surface area (Å²) in [5.41, 5.74) is 0. The van der Waals surface area contributed by atoms with Crippen molar-refractivity contribution in [3.05, 3.63) is 24.3 Å². The molecule has 0 radical (unpaired) electrons. The Morgan fingerprint density at radius 2 is 1.95 bits per heavy atom. The Morgan fingerprint density at radius 1 is 1.19 bits per heavy atom. The summed E-state index contributed by atoms with van der Waals surface area (Å²) in [6.45, 7) is 0.565. The van der Waals surface area contributed by atoms with Crippen molar-refractivity contribution in [1.82, 2.24) is 4.90 Å². The van der Waals surface area contributed by atoms with Crippen molar-refractivity contribution in [2.45, 2.75) is 31.4 Å². The second-order valence-electron chi connectivity index (χ2n) is 5.25. The van der Waals surface area contributed by atoms with Gasteiger partial charge in [-0.2, -0.15) is 0 Å². The predicted octanol–water partition coefficient (Wildman–Crippen LogP) is 1.29. The van der Waals surface area contributed by atoms with Gasteiger partial charge in [0.15, 0.2) is 11.5 Å². The van der Waals surface area contributed by atoms with Gasteiger partial charge in [0.05, 0.1) is 0 Å². The van der Waals surface area contributed by atoms with Crippen LogP contribution in [0.25, 0.3) is 0 Å². The highest BCUT2D eigenvalue weighted by molar-refractivity contribution is 5.87. The molecule has 0 unspecified atom stereocenters. The number of ether oxygens (including phenoxy) is 2. The summed E-state index contributed by atoms with van der Waals surface area (Å²) >= 11 is 0. The molecule has 0 bridgehead atoms. The van der Waals surface area contributed by atoms with E-state index in [0.717, 1.165) is 12.8 Å². The second-order valence-corrected chi connectivity index (χ2v) is 5.25. The van der Waals surface area contributed by atoms with Gasteiger partial charge in [-0.3, -0.25) is 4.79 Å². The summed E-state index contributed by atoms with van der Waals surface area (Å²) in [4.78, 5) is 25.2. The van der Waals surface area contributed by atoms with Crippen molar-refractivity contribution in [2.75, 3.05) is 13.2 Å². The Kier molecular flexibility index (Phi) is 3.68. The molecule has 2 atom stereocenters. The van der Waals surface area contributed by atoms with E-state index in [9.17, 15) is 14.7 Å². The SMILES string of the molecule is O=C(O)[C@H]1CCCCN1C(=O)[C@@H]1COc2ccccc2O1. The highest BCUT2D eigenvalue weighted by Crippen LogP contribution is 2.32. The molecule has 2 aliphatic rings. The summed E-state index contributed by atoms with van der Waals surface area (Å²) in [6.07, 6.45) is 1.36. The van der Waals surface area contributed by atoms with Crippen LogP contribution < -0.4 is 9.47 Å². The van der Waals surface area contributed by atoms with Crippen molar-refractivity contribution in [3.8, 4) is 11.5 Å². The molecule has 1 fully saturated rings. The Hall–Kier alpha value is -2.24. The molecule has 3 rings (SSSR count). The van der Waals surface area contributed by atoms with E-state index in [1.54, 1.807) is 18.2 Å². The van der Waals surface area contributed by atoms with Gasteiger partial charge in [0.1, 0.15) is 12.6 Å². The van der Waals surface area contributed by atoms with Crippen molar-refractivity contribution in [2.24, 2.45) is 0 Å². The van der Waals surface area contributed by atoms with Crippen molar-refractivity contribution < 1.29 is 24.2 Å². The number of carbonyl (C=O) groups is 2. The van der Waals surface area contributed by atoms with Crippen LogP contribution in [0.5, 0.6) is 11.5 Å². The van der Waals surface area contributed by atoms with Crippen LogP contribution in [-0.2, 0) is 9.59 Å². The molecular formula is C15H17NO5. The third-order valence-electron chi connectivity index (χ3n) is 3.85. The first-order chi connectivity index (χ1) is 10.2. The Labute approximate surface area is 122 Å². The van der Waals surface area contributed by atoms with Gasteiger partial charge in [-0.05, 0) is 31.4 Å². The van der Waals surface area contributed by atoms with Crippen LogP contribution in [0.3, 0.4) is 0 Å². The lowest BCUT2D eigenvalue weighted by Crippen LogP contribution is -2.54. The molecular weight excluding hydrogens is 274 g/mol. The fourth-order valence-corrected chi connectivity index (χ4v) is 2.78. The Bertz CT molecular complexity index is 559. The van der Waals surface area contributed by atoms with Crippen molar-refractivity contribution >= 4 is 11.9 Å². The van der Waals surface area contributed by atoms with E-state index in [4.69, 9.17) is 9.47 Å². The molecule has 2 heterocycles. The number of para-hydroxylation sites is 2. The molecule has 1 amide bonds. The monoisotopic (exact) mass is 291 g/mol. The number of hydrogen-bond donors (Lipinski definition) is 1. The zero-order chi connectivity index (χ0) is 14.8. The first-order valence-corrected chi connectivity index (χ1v) is 7.08. The van der Waals surface area contributed by atoms with Crippen LogP contribution in [0.1, 0.15) is 19.3 Å². The molecule has 1 aromatic carbocycles. The van der Waals surface area contributed by atoms with Gasteiger partial charge in [0.25, 0.3) is 5.91 Å².